The lowest BCUT2D eigenvalue weighted by atomic mass is 10.1. The third kappa shape index (κ3) is 5.01. The molecule has 1 amide bonds. The number of nitrogens with zero attached hydrogens (tertiary/aromatic N) is 2. The summed E-state index contributed by atoms with van der Waals surface area (Å²) >= 11 is 0. The summed E-state index contributed by atoms with van der Waals surface area (Å²) in [5.41, 5.74) is 1.04. The van der Waals surface area contributed by atoms with E-state index in [1.807, 2.05) is 6.07 Å². The molecule has 0 saturated carbocycles. The Morgan fingerprint density at radius 2 is 2.04 bits per heavy atom. The van der Waals surface area contributed by atoms with Crippen LogP contribution in [0.25, 0.3) is 0 Å². The van der Waals surface area contributed by atoms with Crippen LogP contribution in [0, 0.1) is 17.1 Å². The normalized spacial score (nSPS) is 11.3. The van der Waals surface area contributed by atoms with Gasteiger partial charge in [0.25, 0.3) is 5.91 Å². The highest BCUT2D eigenvalue weighted by molar-refractivity contribution is 5.99. The first-order valence-electron chi connectivity index (χ1n) is 7.83. The first kappa shape index (κ1) is 18.9. The SMILES string of the molecule is CC(NC(=O)c1cc(C#N)cnc1NCCC(=O)O)c1ccc(F)cc1. The number of hydrogen-bond donors (Lipinski definition) is 3. The number of carboxylic acids is 1. The number of rotatable bonds is 7. The minimum absolute atomic E-state index is 0.0853. The van der Waals surface area contributed by atoms with Crippen LogP contribution in [0.5, 0.6) is 0 Å². The van der Waals surface area contributed by atoms with E-state index in [9.17, 15) is 14.0 Å². The van der Waals surface area contributed by atoms with Crippen LogP contribution in [0.2, 0.25) is 0 Å². The molecule has 1 unspecified atom stereocenters. The van der Waals surface area contributed by atoms with Crippen LogP contribution >= 0.6 is 0 Å². The predicted octanol–water partition coefficient (Wildman–Crippen LogP) is 2.47. The molecule has 0 radical (unpaired) electrons. The van der Waals surface area contributed by atoms with Crippen molar-refractivity contribution in [1.82, 2.24) is 10.3 Å². The zero-order chi connectivity index (χ0) is 19.1. The number of halogens is 1. The molecule has 2 rings (SSSR count). The number of hydrogen-bond acceptors (Lipinski definition) is 5. The number of carboxylic acid groups (broad SMARTS) is 1. The molecule has 26 heavy (non-hydrogen) atoms. The largest absolute Gasteiger partial charge is 0.481 e. The van der Waals surface area contributed by atoms with Gasteiger partial charge >= 0.3 is 5.97 Å². The van der Waals surface area contributed by atoms with Gasteiger partial charge in [-0.05, 0) is 30.7 Å². The van der Waals surface area contributed by atoms with Gasteiger partial charge in [-0.1, -0.05) is 12.1 Å². The second kappa shape index (κ2) is 8.58. The van der Waals surface area contributed by atoms with Crippen molar-refractivity contribution in [2.45, 2.75) is 19.4 Å². The monoisotopic (exact) mass is 356 g/mol. The topological polar surface area (TPSA) is 115 Å². The number of carbonyl (C=O) groups is 2. The van der Waals surface area contributed by atoms with E-state index in [2.05, 4.69) is 15.6 Å². The lowest BCUT2D eigenvalue weighted by molar-refractivity contribution is -0.136. The fourth-order valence-electron chi connectivity index (χ4n) is 2.24. The van der Waals surface area contributed by atoms with Gasteiger partial charge in [0.1, 0.15) is 17.7 Å². The van der Waals surface area contributed by atoms with Crippen LogP contribution < -0.4 is 10.6 Å². The van der Waals surface area contributed by atoms with Crippen molar-refractivity contribution in [2.24, 2.45) is 0 Å². The molecule has 2 aromatic rings. The Bertz CT molecular complexity index is 847. The number of anilines is 1. The average Bonchev–Trinajstić information content (AvgIpc) is 2.62. The number of carbonyl (C=O) groups excluding carboxylic acids is 1. The molecule has 1 atom stereocenters. The number of pyridine rings is 1. The highest BCUT2D eigenvalue weighted by Crippen LogP contribution is 2.18. The molecule has 1 aromatic heterocycles. The summed E-state index contributed by atoms with van der Waals surface area (Å²) in [5, 5.41) is 23.3. The molecule has 3 N–H and O–H groups in total. The highest BCUT2D eigenvalue weighted by atomic mass is 19.1. The van der Waals surface area contributed by atoms with E-state index >= 15 is 0 Å². The standard InChI is InChI=1S/C18H17FN4O3/c1-11(13-2-4-14(19)5-3-13)23-18(26)15-8-12(9-20)10-22-17(15)21-7-6-16(24)25/h2-5,8,10-11H,6-7H2,1H3,(H,21,22)(H,23,26)(H,24,25). The second-order valence-electron chi connectivity index (χ2n) is 5.55. The van der Waals surface area contributed by atoms with Gasteiger partial charge in [0.2, 0.25) is 0 Å². The minimum Gasteiger partial charge on any atom is -0.481 e. The Morgan fingerprint density at radius 1 is 1.35 bits per heavy atom. The van der Waals surface area contributed by atoms with Crippen molar-refractivity contribution < 1.29 is 19.1 Å². The minimum atomic E-state index is -0.984. The molecular weight excluding hydrogens is 339 g/mol. The molecule has 134 valence electrons. The zero-order valence-electron chi connectivity index (χ0n) is 14.0. The summed E-state index contributed by atoms with van der Waals surface area (Å²) in [6, 6.07) is 8.62. The maximum Gasteiger partial charge on any atom is 0.305 e. The summed E-state index contributed by atoms with van der Waals surface area (Å²) in [6.07, 6.45) is 1.15. The third-order valence-corrected chi connectivity index (χ3v) is 3.61. The highest BCUT2D eigenvalue weighted by Gasteiger charge is 2.17. The summed E-state index contributed by atoms with van der Waals surface area (Å²) in [6.45, 7) is 1.83. The van der Waals surface area contributed by atoms with Gasteiger partial charge in [0, 0.05) is 12.7 Å². The van der Waals surface area contributed by atoms with Crippen LogP contribution in [0.15, 0.2) is 36.5 Å². The molecule has 7 nitrogen and oxygen atoms in total. The zero-order valence-corrected chi connectivity index (χ0v) is 14.0. The van der Waals surface area contributed by atoms with Crippen molar-refractivity contribution in [2.75, 3.05) is 11.9 Å². The van der Waals surface area contributed by atoms with E-state index in [-0.39, 0.29) is 35.7 Å². The Balaban J connectivity index is 2.18. The maximum atomic E-state index is 13.0. The van der Waals surface area contributed by atoms with E-state index in [1.54, 1.807) is 19.1 Å². The van der Waals surface area contributed by atoms with Crippen molar-refractivity contribution in [3.8, 4) is 6.07 Å². The smallest absolute Gasteiger partial charge is 0.305 e. The maximum absolute atomic E-state index is 13.0. The molecule has 0 bridgehead atoms. The number of aromatic nitrogens is 1. The molecule has 8 heteroatoms. The number of aliphatic carboxylic acids is 1. The van der Waals surface area contributed by atoms with Crippen molar-refractivity contribution in [1.29, 1.82) is 5.26 Å². The molecule has 1 aromatic carbocycles. The average molecular weight is 356 g/mol. The van der Waals surface area contributed by atoms with Crippen LogP contribution in [0.1, 0.15) is 40.9 Å². The number of nitriles is 1. The van der Waals surface area contributed by atoms with Gasteiger partial charge in [0.15, 0.2) is 0 Å². The third-order valence-electron chi connectivity index (χ3n) is 3.61. The fraction of sp³-hybridized carbons (Fsp3) is 0.222. The van der Waals surface area contributed by atoms with Crippen LogP contribution in [0.4, 0.5) is 10.2 Å². The quantitative estimate of drug-likeness (QED) is 0.702. The van der Waals surface area contributed by atoms with Gasteiger partial charge in [-0.15, -0.1) is 0 Å². The molecule has 0 aliphatic rings. The summed E-state index contributed by atoms with van der Waals surface area (Å²) in [7, 11) is 0. The van der Waals surface area contributed by atoms with Crippen LogP contribution in [-0.2, 0) is 4.79 Å². The number of amides is 1. The second-order valence-corrected chi connectivity index (χ2v) is 5.55. The molecule has 0 spiro atoms. The Hall–Kier alpha value is -3.47. The van der Waals surface area contributed by atoms with E-state index in [4.69, 9.17) is 10.4 Å². The Kier molecular flexibility index (Phi) is 6.22. The van der Waals surface area contributed by atoms with E-state index in [1.165, 1.54) is 24.4 Å². The van der Waals surface area contributed by atoms with Gasteiger partial charge < -0.3 is 15.7 Å². The van der Waals surface area contributed by atoms with Crippen LogP contribution in [-0.4, -0.2) is 28.5 Å². The van der Waals surface area contributed by atoms with E-state index in [0.717, 1.165) is 0 Å². The predicted molar refractivity (Wildman–Crippen MR) is 92.0 cm³/mol. The summed E-state index contributed by atoms with van der Waals surface area (Å²) in [5.74, 6) is -1.65. The van der Waals surface area contributed by atoms with Crippen molar-refractivity contribution in [3.63, 3.8) is 0 Å². The lowest BCUT2D eigenvalue weighted by Crippen LogP contribution is -2.28. The van der Waals surface area contributed by atoms with Crippen molar-refractivity contribution in [3.05, 3.63) is 59.0 Å². The summed E-state index contributed by atoms with van der Waals surface area (Å²) in [4.78, 5) is 27.2. The molecule has 1 heterocycles. The molecular formula is C18H17FN4O3. The van der Waals surface area contributed by atoms with Gasteiger partial charge in [-0.25, -0.2) is 9.37 Å². The van der Waals surface area contributed by atoms with E-state index < -0.39 is 17.9 Å². The first-order valence-corrected chi connectivity index (χ1v) is 7.83. The molecule has 0 saturated heterocycles. The fourth-order valence-corrected chi connectivity index (χ4v) is 2.24. The first-order chi connectivity index (χ1) is 12.4. The Labute approximate surface area is 149 Å². The van der Waals surface area contributed by atoms with Crippen LogP contribution in [0.3, 0.4) is 0 Å². The van der Waals surface area contributed by atoms with Gasteiger partial charge in [-0.3, -0.25) is 9.59 Å². The number of benzene rings is 1. The van der Waals surface area contributed by atoms with E-state index in [0.29, 0.717) is 5.56 Å². The lowest BCUT2D eigenvalue weighted by Gasteiger charge is -2.16. The van der Waals surface area contributed by atoms with Gasteiger partial charge in [-0.2, -0.15) is 5.26 Å². The van der Waals surface area contributed by atoms with Crippen molar-refractivity contribution >= 4 is 17.7 Å². The Morgan fingerprint density at radius 3 is 2.65 bits per heavy atom. The number of nitrogens with one attached hydrogen (secondary N) is 2. The molecule has 0 aliphatic carbocycles. The molecule has 0 aliphatic heterocycles. The molecule has 0 fully saturated rings. The summed E-state index contributed by atoms with van der Waals surface area (Å²) < 4.78 is 13.0. The van der Waals surface area contributed by atoms with Gasteiger partial charge in [0.05, 0.1) is 23.6 Å².